The minimum atomic E-state index is -0.629. The first-order valence-corrected chi connectivity index (χ1v) is 27.7. The number of ether oxygens (including phenoxy) is 1. The zero-order valence-electron chi connectivity index (χ0n) is 44.8. The molecular formula is C56H63ClFN13O7S. The number of likely N-dealkylation sites (tertiary alicyclic amines) is 1. The Balaban J connectivity index is 0.731. The number of esters is 1. The van der Waals surface area contributed by atoms with Crippen LogP contribution in [0.4, 0.5) is 4.39 Å². The van der Waals surface area contributed by atoms with Crippen LogP contribution in [0.3, 0.4) is 0 Å². The molecule has 79 heavy (non-hydrogen) atoms. The van der Waals surface area contributed by atoms with Crippen LogP contribution in [0.25, 0.3) is 37.9 Å². The number of benzene rings is 3. The maximum Gasteiger partial charge on any atom is 0.325 e. The average molecular weight is 1120 g/mol. The SMILES string of the molecule is COC(=O)CNC(=O)CNC(=O)Cn1nc(C2CCN(C(=O)CCC(=O)NCCCCCCNC(=O)C[C@@H]3N=C(c4ccc(Cl)cc4)c4c(sc(C)c4C)-n4c(C)nnc43)CC2)c2c(-c3cc4c(cnn4C)cc3F)cccc21. The zero-order valence-corrected chi connectivity index (χ0v) is 46.4. The number of unbranched alkanes of at least 4 members (excludes halogenated alkanes) is 3. The van der Waals surface area contributed by atoms with Crippen LogP contribution >= 0.6 is 22.9 Å². The molecule has 6 heterocycles. The number of hydrogen-bond acceptors (Lipinski definition) is 13. The number of aromatic nitrogens is 7. The number of aliphatic imine (C=N–C) groups is 1. The molecule has 1 atom stereocenters. The van der Waals surface area contributed by atoms with E-state index in [0.29, 0.717) is 83.0 Å². The van der Waals surface area contributed by atoms with Crippen LogP contribution < -0.4 is 21.3 Å². The van der Waals surface area contributed by atoms with E-state index in [4.69, 9.17) is 21.7 Å². The lowest BCUT2D eigenvalue weighted by Gasteiger charge is -2.31. The van der Waals surface area contributed by atoms with Gasteiger partial charge >= 0.3 is 5.97 Å². The number of hydrogen-bond donors (Lipinski definition) is 4. The van der Waals surface area contributed by atoms with Gasteiger partial charge in [-0.2, -0.15) is 10.2 Å². The molecule has 0 unspecified atom stereocenters. The molecule has 7 aromatic rings. The standard InChI is InChI=1S/C56H63ClFN13O7S/c1-32-33(2)79-56-51(32)53(35-13-15-38(57)16-14-35)64-42(55-66-65-34(3)71(55)56)27-46(73)60-22-9-7-6-8-21-59-45(72)17-18-49(76)69-23-19-36(20-24-69)54-52-39(40-26-44-37(25-41(40)58)28-63-68(44)4)11-10-12-43(52)70(67-54)31-48(75)61-29-47(74)62-30-50(77)78-5/h10-16,25-26,28,36,42H,6-9,17-24,27,29-31H2,1-5H3,(H,59,72)(H,60,73)(H,61,75)(H,62,74)/t42-/m0/s1. The summed E-state index contributed by atoms with van der Waals surface area (Å²) in [5.74, 6) is -1.42. The van der Waals surface area contributed by atoms with Crippen molar-refractivity contribution in [2.45, 2.75) is 97.1 Å². The highest BCUT2D eigenvalue weighted by Crippen LogP contribution is 2.42. The monoisotopic (exact) mass is 1120 g/mol. The largest absolute Gasteiger partial charge is 0.468 e. The van der Waals surface area contributed by atoms with Gasteiger partial charge in [0.15, 0.2) is 5.82 Å². The fraction of sp³-hybridized carbons (Fsp3) is 0.411. The number of thiophene rings is 1. The Bertz CT molecular complexity index is 3490. The second-order valence-corrected chi connectivity index (χ2v) is 21.5. The van der Waals surface area contributed by atoms with E-state index in [1.807, 2.05) is 47.9 Å². The molecule has 414 valence electrons. The van der Waals surface area contributed by atoms with E-state index in [1.165, 1.54) is 22.7 Å². The molecule has 2 aliphatic heterocycles. The predicted molar refractivity (Wildman–Crippen MR) is 298 cm³/mol. The van der Waals surface area contributed by atoms with Crippen molar-refractivity contribution in [2.75, 3.05) is 46.4 Å². The summed E-state index contributed by atoms with van der Waals surface area (Å²) in [6, 6.07) is 15.6. The van der Waals surface area contributed by atoms with E-state index < -0.39 is 29.6 Å². The highest BCUT2D eigenvalue weighted by atomic mass is 35.5. The normalized spacial score (nSPS) is 14.3. The number of carbonyl (C=O) groups excluding carboxylic acids is 6. The molecule has 0 saturated carbocycles. The lowest BCUT2D eigenvalue weighted by Crippen LogP contribution is -2.40. The Morgan fingerprint density at radius 3 is 2.27 bits per heavy atom. The summed E-state index contributed by atoms with van der Waals surface area (Å²) in [7, 11) is 2.99. The Hall–Kier alpha value is -7.85. The first-order chi connectivity index (χ1) is 38.1. The number of aryl methyl sites for hydroxylation is 3. The van der Waals surface area contributed by atoms with Gasteiger partial charge < -0.3 is 30.9 Å². The molecule has 0 aliphatic carbocycles. The predicted octanol–water partition coefficient (Wildman–Crippen LogP) is 6.62. The van der Waals surface area contributed by atoms with Crippen LogP contribution in [0.2, 0.25) is 5.02 Å². The van der Waals surface area contributed by atoms with Crippen molar-refractivity contribution >= 4 is 86.0 Å². The maximum absolute atomic E-state index is 16.0. The molecule has 9 rings (SSSR count). The van der Waals surface area contributed by atoms with Crippen LogP contribution in [0.5, 0.6) is 0 Å². The number of piperidine rings is 1. The Morgan fingerprint density at radius 2 is 1.53 bits per heavy atom. The van der Waals surface area contributed by atoms with Crippen molar-refractivity contribution in [3.05, 3.63) is 111 Å². The van der Waals surface area contributed by atoms with Crippen LogP contribution in [0.1, 0.15) is 109 Å². The summed E-state index contributed by atoms with van der Waals surface area (Å²) in [4.78, 5) is 84.8. The highest BCUT2D eigenvalue weighted by molar-refractivity contribution is 7.15. The number of carbonyl (C=O) groups is 6. The number of nitrogens with one attached hydrogen (secondary N) is 4. The zero-order chi connectivity index (χ0) is 55.9. The van der Waals surface area contributed by atoms with Crippen molar-refractivity contribution in [3.8, 4) is 16.1 Å². The molecule has 4 N–H and O–H groups in total. The van der Waals surface area contributed by atoms with Crippen molar-refractivity contribution in [3.63, 3.8) is 0 Å². The summed E-state index contributed by atoms with van der Waals surface area (Å²) < 4.78 is 25.8. The third kappa shape index (κ3) is 12.7. The molecule has 3 aromatic carbocycles. The average Bonchev–Trinajstić information content (AvgIpc) is 4.33. The molecule has 0 radical (unpaired) electrons. The van der Waals surface area contributed by atoms with Gasteiger partial charge in [0.2, 0.25) is 29.5 Å². The van der Waals surface area contributed by atoms with Crippen molar-refractivity contribution in [1.82, 2.24) is 60.5 Å². The van der Waals surface area contributed by atoms with Gasteiger partial charge in [-0.05, 0) is 87.9 Å². The van der Waals surface area contributed by atoms with Crippen molar-refractivity contribution in [1.29, 1.82) is 0 Å². The van der Waals surface area contributed by atoms with Crippen molar-refractivity contribution < 1.29 is 37.9 Å². The van der Waals surface area contributed by atoms with Gasteiger partial charge in [-0.1, -0.05) is 48.7 Å². The summed E-state index contributed by atoms with van der Waals surface area (Å²) in [5.41, 5.74) is 6.73. The summed E-state index contributed by atoms with van der Waals surface area (Å²) in [6.07, 6.45) is 6.11. The minimum absolute atomic E-state index is 0.0559. The first-order valence-electron chi connectivity index (χ1n) is 26.5. The van der Waals surface area contributed by atoms with Gasteiger partial charge in [0.05, 0.1) is 48.7 Å². The molecule has 1 saturated heterocycles. The highest BCUT2D eigenvalue weighted by Gasteiger charge is 2.33. The van der Waals surface area contributed by atoms with Gasteiger partial charge in [-0.25, -0.2) is 4.39 Å². The number of amides is 5. The molecule has 0 bridgehead atoms. The first kappa shape index (κ1) is 55.9. The van der Waals surface area contributed by atoms with E-state index in [2.05, 4.69) is 55.1 Å². The third-order valence-electron chi connectivity index (χ3n) is 14.6. The van der Waals surface area contributed by atoms with Crippen LogP contribution in [-0.4, -0.2) is 127 Å². The van der Waals surface area contributed by atoms with E-state index in [0.717, 1.165) is 64.4 Å². The Morgan fingerprint density at radius 1 is 0.810 bits per heavy atom. The Kier molecular flexibility index (Phi) is 17.6. The van der Waals surface area contributed by atoms with Crippen LogP contribution in [-0.2, 0) is 47.1 Å². The van der Waals surface area contributed by atoms with Gasteiger partial charge in [0, 0.05) is 89.3 Å². The molecule has 2 aliphatic rings. The molecule has 23 heteroatoms. The van der Waals surface area contributed by atoms with Gasteiger partial charge in [-0.3, -0.25) is 47.7 Å². The van der Waals surface area contributed by atoms with Crippen molar-refractivity contribution in [2.24, 2.45) is 12.0 Å². The molecule has 4 aromatic heterocycles. The number of halogens is 2. The van der Waals surface area contributed by atoms with Gasteiger partial charge in [-0.15, -0.1) is 21.5 Å². The summed E-state index contributed by atoms with van der Waals surface area (Å²) in [6.45, 7) is 6.92. The second kappa shape index (κ2) is 24.9. The Labute approximate surface area is 464 Å². The summed E-state index contributed by atoms with van der Waals surface area (Å²) >= 11 is 7.91. The third-order valence-corrected chi connectivity index (χ3v) is 16.1. The van der Waals surface area contributed by atoms with E-state index >= 15 is 4.39 Å². The van der Waals surface area contributed by atoms with E-state index in [9.17, 15) is 28.8 Å². The molecule has 1 fully saturated rings. The topological polar surface area (TPSA) is 242 Å². The molecular weight excluding hydrogens is 1050 g/mol. The lowest BCUT2D eigenvalue weighted by molar-refractivity contribution is -0.141. The number of methoxy groups -OCH3 is 1. The molecule has 5 amide bonds. The number of nitrogens with zero attached hydrogens (tertiary/aromatic N) is 9. The quantitative estimate of drug-likeness (QED) is 0.0441. The van der Waals surface area contributed by atoms with Gasteiger partial charge in [0.25, 0.3) is 0 Å². The smallest absolute Gasteiger partial charge is 0.325 e. The number of rotatable bonds is 21. The van der Waals surface area contributed by atoms with Gasteiger partial charge in [0.1, 0.15) is 35.8 Å². The maximum atomic E-state index is 16.0. The van der Waals surface area contributed by atoms with Crippen LogP contribution in [0, 0.1) is 26.6 Å². The van der Waals surface area contributed by atoms with Crippen LogP contribution in [0.15, 0.2) is 65.8 Å². The molecule has 20 nitrogen and oxygen atoms in total. The minimum Gasteiger partial charge on any atom is -0.468 e. The fourth-order valence-electron chi connectivity index (χ4n) is 10.3. The summed E-state index contributed by atoms with van der Waals surface area (Å²) in [5, 5.41) is 32.0. The number of fused-ring (bicyclic) bond motifs is 5. The fourth-order valence-corrected chi connectivity index (χ4v) is 11.6. The second-order valence-electron chi connectivity index (χ2n) is 19.9. The van der Waals surface area contributed by atoms with E-state index in [-0.39, 0.29) is 62.5 Å². The van der Waals surface area contributed by atoms with E-state index in [1.54, 1.807) is 46.3 Å². The lowest BCUT2D eigenvalue weighted by atomic mass is 9.88. The molecule has 0 spiro atoms.